The standard InChI is InChI=1S/C14H17N3O6/c1-4-15-8-11(14(19)23-5-2)12(18)10-6-9(17(20)21)7-16-13(10)22-3/h6-8,15H,4-5H2,1-3H3/b11-8+. The monoisotopic (exact) mass is 323 g/mol. The molecular weight excluding hydrogens is 306 g/mol. The van der Waals surface area contributed by atoms with Gasteiger partial charge < -0.3 is 14.8 Å². The highest BCUT2D eigenvalue weighted by Crippen LogP contribution is 2.23. The van der Waals surface area contributed by atoms with Crippen LogP contribution in [0.5, 0.6) is 5.88 Å². The Morgan fingerprint density at radius 1 is 1.43 bits per heavy atom. The van der Waals surface area contributed by atoms with Crippen molar-refractivity contribution in [2.75, 3.05) is 20.3 Å². The highest BCUT2D eigenvalue weighted by Gasteiger charge is 2.26. The van der Waals surface area contributed by atoms with E-state index < -0.39 is 16.7 Å². The van der Waals surface area contributed by atoms with E-state index in [1.807, 2.05) is 0 Å². The van der Waals surface area contributed by atoms with E-state index in [1.54, 1.807) is 13.8 Å². The molecule has 0 bridgehead atoms. The van der Waals surface area contributed by atoms with Crippen LogP contribution in [0.15, 0.2) is 24.0 Å². The van der Waals surface area contributed by atoms with Gasteiger partial charge in [-0.15, -0.1) is 0 Å². The second-order valence-corrected chi connectivity index (χ2v) is 4.17. The summed E-state index contributed by atoms with van der Waals surface area (Å²) >= 11 is 0. The van der Waals surface area contributed by atoms with Crippen LogP contribution in [0, 0.1) is 10.1 Å². The van der Waals surface area contributed by atoms with Crippen LogP contribution >= 0.6 is 0 Å². The molecule has 0 unspecified atom stereocenters. The third-order valence-electron chi connectivity index (χ3n) is 2.68. The summed E-state index contributed by atoms with van der Waals surface area (Å²) in [4.78, 5) is 38.4. The van der Waals surface area contributed by atoms with Crippen molar-refractivity contribution < 1.29 is 24.0 Å². The number of nitrogens with zero attached hydrogens (tertiary/aromatic N) is 2. The molecule has 1 aromatic rings. The van der Waals surface area contributed by atoms with Gasteiger partial charge in [-0.25, -0.2) is 9.78 Å². The number of hydrogen-bond acceptors (Lipinski definition) is 8. The number of ketones is 1. The van der Waals surface area contributed by atoms with Gasteiger partial charge in [0, 0.05) is 18.8 Å². The molecule has 0 aliphatic rings. The number of nitrogens with one attached hydrogen (secondary N) is 1. The summed E-state index contributed by atoms with van der Waals surface area (Å²) in [6, 6.07) is 1.01. The zero-order valence-electron chi connectivity index (χ0n) is 13.0. The number of nitro groups is 1. The summed E-state index contributed by atoms with van der Waals surface area (Å²) in [6.07, 6.45) is 2.17. The maximum Gasteiger partial charge on any atom is 0.343 e. The second kappa shape index (κ2) is 8.47. The zero-order valence-corrected chi connectivity index (χ0v) is 13.0. The first-order chi connectivity index (χ1) is 11.0. The van der Waals surface area contributed by atoms with E-state index in [0.29, 0.717) is 6.54 Å². The van der Waals surface area contributed by atoms with Crippen LogP contribution in [-0.4, -0.2) is 41.9 Å². The van der Waals surface area contributed by atoms with Gasteiger partial charge in [0.05, 0.1) is 24.2 Å². The summed E-state index contributed by atoms with van der Waals surface area (Å²) in [5.74, 6) is -1.74. The molecule has 9 nitrogen and oxygen atoms in total. The predicted octanol–water partition coefficient (Wildman–Crippen LogP) is 1.24. The minimum atomic E-state index is -0.841. The minimum Gasteiger partial charge on any atom is -0.480 e. The molecule has 1 heterocycles. The number of hydrogen-bond donors (Lipinski definition) is 1. The summed E-state index contributed by atoms with van der Waals surface area (Å²) in [7, 11) is 1.27. The molecule has 0 saturated heterocycles. The molecule has 0 aromatic carbocycles. The van der Waals surface area contributed by atoms with Crippen molar-refractivity contribution in [1.82, 2.24) is 10.3 Å². The fourth-order valence-electron chi connectivity index (χ4n) is 1.64. The highest BCUT2D eigenvalue weighted by molar-refractivity contribution is 6.25. The maximum atomic E-state index is 12.6. The van der Waals surface area contributed by atoms with Crippen molar-refractivity contribution in [2.24, 2.45) is 0 Å². The Bertz CT molecular complexity index is 641. The van der Waals surface area contributed by atoms with Gasteiger partial charge in [-0.3, -0.25) is 14.9 Å². The SMILES string of the molecule is CCN/C=C(/C(=O)OCC)C(=O)c1cc([N+](=O)[O-])cnc1OC. The fraction of sp³-hybridized carbons (Fsp3) is 0.357. The number of methoxy groups -OCH3 is 1. The Balaban J connectivity index is 3.34. The normalized spacial score (nSPS) is 10.8. The maximum absolute atomic E-state index is 12.6. The molecule has 0 amide bonds. The molecule has 0 atom stereocenters. The van der Waals surface area contributed by atoms with E-state index >= 15 is 0 Å². The quantitative estimate of drug-likeness (QED) is 0.144. The van der Waals surface area contributed by atoms with E-state index in [0.717, 1.165) is 12.3 Å². The summed E-state index contributed by atoms with van der Waals surface area (Å²) in [5.41, 5.74) is -0.881. The average molecular weight is 323 g/mol. The van der Waals surface area contributed by atoms with Crippen molar-refractivity contribution in [1.29, 1.82) is 0 Å². The molecule has 0 saturated carbocycles. The Hall–Kier alpha value is -2.97. The van der Waals surface area contributed by atoms with E-state index in [-0.39, 0.29) is 29.3 Å². The molecule has 23 heavy (non-hydrogen) atoms. The highest BCUT2D eigenvalue weighted by atomic mass is 16.6. The molecule has 0 aliphatic carbocycles. The van der Waals surface area contributed by atoms with Gasteiger partial charge >= 0.3 is 5.97 Å². The number of rotatable bonds is 8. The Morgan fingerprint density at radius 2 is 2.13 bits per heavy atom. The van der Waals surface area contributed by atoms with Crippen molar-refractivity contribution in [3.8, 4) is 5.88 Å². The third kappa shape index (κ3) is 4.50. The van der Waals surface area contributed by atoms with E-state index in [4.69, 9.17) is 9.47 Å². The van der Waals surface area contributed by atoms with Crippen LogP contribution in [0.2, 0.25) is 0 Å². The van der Waals surface area contributed by atoms with Gasteiger partial charge in [0.25, 0.3) is 5.69 Å². The largest absolute Gasteiger partial charge is 0.480 e. The minimum absolute atomic E-state index is 0.0832. The average Bonchev–Trinajstić information content (AvgIpc) is 2.54. The molecule has 1 aromatic heterocycles. The Labute approximate surface area is 132 Å². The summed E-state index contributed by atoms with van der Waals surface area (Å²) in [5, 5.41) is 13.6. The first kappa shape index (κ1) is 18.1. The van der Waals surface area contributed by atoms with Crippen molar-refractivity contribution in [3.63, 3.8) is 0 Å². The molecule has 0 fully saturated rings. The smallest absolute Gasteiger partial charge is 0.343 e. The van der Waals surface area contributed by atoms with Crippen LogP contribution in [-0.2, 0) is 9.53 Å². The van der Waals surface area contributed by atoms with Crippen LogP contribution in [0.4, 0.5) is 5.69 Å². The summed E-state index contributed by atoms with van der Waals surface area (Å²) < 4.78 is 9.77. The van der Waals surface area contributed by atoms with Gasteiger partial charge in [-0.2, -0.15) is 0 Å². The van der Waals surface area contributed by atoms with Gasteiger partial charge in [-0.1, -0.05) is 0 Å². The number of esters is 1. The first-order valence-corrected chi connectivity index (χ1v) is 6.80. The lowest BCUT2D eigenvalue weighted by Gasteiger charge is -2.09. The van der Waals surface area contributed by atoms with Crippen molar-refractivity contribution >= 4 is 17.4 Å². The Morgan fingerprint density at radius 3 is 2.65 bits per heavy atom. The lowest BCUT2D eigenvalue weighted by Crippen LogP contribution is -2.20. The van der Waals surface area contributed by atoms with Crippen molar-refractivity contribution in [2.45, 2.75) is 13.8 Å². The molecule has 0 aliphatic heterocycles. The number of carbonyl (C=O) groups is 2. The molecular formula is C14H17N3O6. The van der Waals surface area contributed by atoms with Gasteiger partial charge in [0.15, 0.2) is 0 Å². The van der Waals surface area contributed by atoms with Crippen molar-refractivity contribution in [3.05, 3.63) is 39.7 Å². The molecule has 1 N–H and O–H groups in total. The number of Topliss-reactive ketones (excluding diaryl/α,β-unsaturated/α-hetero) is 1. The zero-order chi connectivity index (χ0) is 17.4. The molecule has 0 radical (unpaired) electrons. The number of ether oxygens (including phenoxy) is 2. The van der Waals surface area contributed by atoms with E-state index in [1.165, 1.54) is 13.3 Å². The topological polar surface area (TPSA) is 121 Å². The van der Waals surface area contributed by atoms with Crippen LogP contribution in [0.3, 0.4) is 0 Å². The number of carbonyl (C=O) groups excluding carboxylic acids is 2. The first-order valence-electron chi connectivity index (χ1n) is 6.80. The number of aromatic nitrogens is 1. The van der Waals surface area contributed by atoms with Gasteiger partial charge in [-0.05, 0) is 13.8 Å². The third-order valence-corrected chi connectivity index (χ3v) is 2.68. The predicted molar refractivity (Wildman–Crippen MR) is 80.2 cm³/mol. The Kier molecular flexibility index (Phi) is 6.66. The fourth-order valence-corrected chi connectivity index (χ4v) is 1.64. The summed E-state index contributed by atoms with van der Waals surface area (Å²) in [6.45, 7) is 3.93. The van der Waals surface area contributed by atoms with Crippen LogP contribution in [0.1, 0.15) is 24.2 Å². The second-order valence-electron chi connectivity index (χ2n) is 4.17. The number of pyridine rings is 1. The van der Waals surface area contributed by atoms with Crippen LogP contribution in [0.25, 0.3) is 0 Å². The lowest BCUT2D eigenvalue weighted by molar-refractivity contribution is -0.385. The molecule has 1 rings (SSSR count). The molecule has 124 valence electrons. The molecule has 9 heteroatoms. The molecule has 0 spiro atoms. The van der Waals surface area contributed by atoms with Gasteiger partial charge in [0.1, 0.15) is 11.8 Å². The lowest BCUT2D eigenvalue weighted by atomic mass is 10.0. The van der Waals surface area contributed by atoms with Gasteiger partial charge in [0.2, 0.25) is 11.7 Å². The van der Waals surface area contributed by atoms with E-state index in [2.05, 4.69) is 10.3 Å². The van der Waals surface area contributed by atoms with Crippen LogP contribution < -0.4 is 10.1 Å². The van der Waals surface area contributed by atoms with E-state index in [9.17, 15) is 19.7 Å².